The van der Waals surface area contributed by atoms with Crippen LogP contribution in [0.3, 0.4) is 0 Å². The maximum atomic E-state index is 3.49. The van der Waals surface area contributed by atoms with Gasteiger partial charge in [0, 0.05) is 21.5 Å². The summed E-state index contributed by atoms with van der Waals surface area (Å²) >= 11 is 3.49. The van der Waals surface area contributed by atoms with Crippen molar-refractivity contribution in [3.63, 3.8) is 0 Å². The summed E-state index contributed by atoms with van der Waals surface area (Å²) in [7, 11) is 0. The number of hydrogen-bond acceptors (Lipinski definition) is 1. The van der Waals surface area contributed by atoms with E-state index in [1.807, 2.05) is 26.0 Å². The molecular formula is C26H24BrN. The predicted octanol–water partition coefficient (Wildman–Crippen LogP) is 8.61. The number of halogens is 1. The lowest BCUT2D eigenvalue weighted by Crippen LogP contribution is -2.09. The average Bonchev–Trinajstić information content (AvgIpc) is 2.78. The molecule has 0 heterocycles. The maximum Gasteiger partial charge on any atom is 0.0462 e. The predicted molar refractivity (Wildman–Crippen MR) is 126 cm³/mol. The molecule has 4 rings (SSSR count). The van der Waals surface area contributed by atoms with E-state index in [1.54, 1.807) is 0 Å². The topological polar surface area (TPSA) is 3.24 Å². The van der Waals surface area contributed by atoms with Crippen molar-refractivity contribution in [3.8, 4) is 11.1 Å². The molecule has 0 aliphatic heterocycles. The van der Waals surface area contributed by atoms with Crippen molar-refractivity contribution in [1.82, 2.24) is 0 Å². The van der Waals surface area contributed by atoms with E-state index in [2.05, 4.69) is 118 Å². The lowest BCUT2D eigenvalue weighted by molar-refractivity contribution is 1.28. The molecule has 0 aliphatic carbocycles. The molecular weight excluding hydrogens is 406 g/mol. The smallest absolute Gasteiger partial charge is 0.0462 e. The molecule has 0 aromatic heterocycles. The first-order valence-electron chi connectivity index (χ1n) is 9.57. The summed E-state index contributed by atoms with van der Waals surface area (Å²) in [6.45, 7) is 4.00. The van der Waals surface area contributed by atoms with Crippen molar-refractivity contribution < 1.29 is 0 Å². The molecule has 2 heteroatoms. The van der Waals surface area contributed by atoms with E-state index in [0.717, 1.165) is 21.5 Å². The van der Waals surface area contributed by atoms with Crippen molar-refractivity contribution >= 4 is 33.0 Å². The Morgan fingerprint density at radius 1 is 0.464 bits per heavy atom. The monoisotopic (exact) mass is 429 g/mol. The van der Waals surface area contributed by atoms with E-state index in [-0.39, 0.29) is 0 Å². The van der Waals surface area contributed by atoms with Gasteiger partial charge in [-0.1, -0.05) is 90.4 Å². The second kappa shape index (κ2) is 9.91. The normalized spacial score (nSPS) is 9.96. The number of rotatable bonds is 4. The zero-order valence-corrected chi connectivity index (χ0v) is 17.8. The van der Waals surface area contributed by atoms with Crippen LogP contribution in [0.5, 0.6) is 0 Å². The highest BCUT2D eigenvalue weighted by Gasteiger charge is 2.11. The maximum absolute atomic E-state index is 3.49. The molecule has 4 aromatic rings. The van der Waals surface area contributed by atoms with Crippen LogP contribution in [0.2, 0.25) is 0 Å². The Morgan fingerprint density at radius 2 is 0.821 bits per heavy atom. The molecule has 0 N–H and O–H groups in total. The van der Waals surface area contributed by atoms with Gasteiger partial charge in [0.05, 0.1) is 0 Å². The number of benzene rings is 4. The van der Waals surface area contributed by atoms with Crippen molar-refractivity contribution in [1.29, 1.82) is 0 Å². The summed E-state index contributed by atoms with van der Waals surface area (Å²) in [5.74, 6) is 0. The molecule has 0 fully saturated rings. The number of nitrogens with zero attached hydrogens (tertiary/aromatic N) is 1. The zero-order valence-electron chi connectivity index (χ0n) is 16.2. The molecule has 0 spiro atoms. The number of para-hydroxylation sites is 2. The third-order valence-corrected chi connectivity index (χ3v) is 4.86. The third kappa shape index (κ3) is 4.71. The Bertz CT molecular complexity index is 923. The third-order valence-electron chi connectivity index (χ3n) is 4.33. The molecule has 0 radical (unpaired) electrons. The minimum atomic E-state index is 1.09. The first-order valence-corrected chi connectivity index (χ1v) is 10.4. The van der Waals surface area contributed by atoms with E-state index in [9.17, 15) is 0 Å². The Morgan fingerprint density at radius 3 is 1.25 bits per heavy atom. The average molecular weight is 430 g/mol. The quantitative estimate of drug-likeness (QED) is 0.313. The van der Waals surface area contributed by atoms with Gasteiger partial charge in [0.1, 0.15) is 0 Å². The highest BCUT2D eigenvalue weighted by Crippen LogP contribution is 2.35. The van der Waals surface area contributed by atoms with E-state index in [1.165, 1.54) is 11.1 Å². The summed E-state index contributed by atoms with van der Waals surface area (Å²) in [6, 6.07) is 38.0. The molecule has 0 saturated heterocycles. The van der Waals surface area contributed by atoms with Crippen LogP contribution in [0, 0.1) is 0 Å². The van der Waals surface area contributed by atoms with Gasteiger partial charge >= 0.3 is 0 Å². The van der Waals surface area contributed by atoms with Gasteiger partial charge in [0.2, 0.25) is 0 Å². The fourth-order valence-corrected chi connectivity index (χ4v) is 3.31. The Balaban J connectivity index is 0.00000109. The zero-order chi connectivity index (χ0) is 19.8. The fourth-order valence-electron chi connectivity index (χ4n) is 3.05. The SMILES string of the molecule is Brc1ccc(-c2ccc(N(c3ccccc3)c3ccccc3)cc2)cc1.CC. The highest BCUT2D eigenvalue weighted by atomic mass is 79.9. The summed E-state index contributed by atoms with van der Waals surface area (Å²) < 4.78 is 1.09. The molecule has 140 valence electrons. The van der Waals surface area contributed by atoms with Gasteiger partial charge in [-0.05, 0) is 59.7 Å². The highest BCUT2D eigenvalue weighted by molar-refractivity contribution is 9.10. The van der Waals surface area contributed by atoms with Gasteiger partial charge in [-0.3, -0.25) is 0 Å². The molecule has 1 nitrogen and oxygen atoms in total. The van der Waals surface area contributed by atoms with Gasteiger partial charge in [0.25, 0.3) is 0 Å². The summed E-state index contributed by atoms with van der Waals surface area (Å²) in [6.07, 6.45) is 0. The fraction of sp³-hybridized carbons (Fsp3) is 0.0769. The second-order valence-electron chi connectivity index (χ2n) is 6.06. The Hall–Kier alpha value is -2.84. The van der Waals surface area contributed by atoms with Gasteiger partial charge in [0.15, 0.2) is 0 Å². The van der Waals surface area contributed by atoms with Crippen LogP contribution in [0.4, 0.5) is 17.1 Å². The van der Waals surface area contributed by atoms with Crippen LogP contribution in [0.25, 0.3) is 11.1 Å². The van der Waals surface area contributed by atoms with Crippen molar-refractivity contribution in [2.24, 2.45) is 0 Å². The van der Waals surface area contributed by atoms with E-state index in [0.29, 0.717) is 0 Å². The molecule has 0 atom stereocenters. The summed E-state index contributed by atoms with van der Waals surface area (Å²) in [4.78, 5) is 2.27. The molecule has 28 heavy (non-hydrogen) atoms. The van der Waals surface area contributed by atoms with Crippen molar-refractivity contribution in [3.05, 3.63) is 114 Å². The number of hydrogen-bond donors (Lipinski definition) is 0. The molecule has 0 bridgehead atoms. The standard InChI is InChI=1S/C24H18BrN.C2H6/c25-21-15-11-19(12-16-21)20-13-17-24(18-14-20)26(22-7-3-1-4-8-22)23-9-5-2-6-10-23;1-2/h1-18H;1-2H3. The van der Waals surface area contributed by atoms with E-state index >= 15 is 0 Å². The summed E-state index contributed by atoms with van der Waals surface area (Å²) in [5, 5.41) is 0. The molecule has 0 unspecified atom stereocenters. The Labute approximate surface area is 176 Å². The molecule has 0 amide bonds. The van der Waals surface area contributed by atoms with Crippen LogP contribution < -0.4 is 4.90 Å². The van der Waals surface area contributed by atoms with E-state index in [4.69, 9.17) is 0 Å². The second-order valence-corrected chi connectivity index (χ2v) is 6.98. The molecule has 4 aromatic carbocycles. The van der Waals surface area contributed by atoms with Crippen LogP contribution in [-0.4, -0.2) is 0 Å². The van der Waals surface area contributed by atoms with Crippen molar-refractivity contribution in [2.45, 2.75) is 13.8 Å². The van der Waals surface area contributed by atoms with Crippen LogP contribution in [0.15, 0.2) is 114 Å². The van der Waals surface area contributed by atoms with Crippen LogP contribution in [0.1, 0.15) is 13.8 Å². The largest absolute Gasteiger partial charge is 0.311 e. The molecule has 0 aliphatic rings. The first kappa shape index (κ1) is 19.9. The van der Waals surface area contributed by atoms with Gasteiger partial charge in [-0.15, -0.1) is 0 Å². The van der Waals surface area contributed by atoms with Gasteiger partial charge in [-0.25, -0.2) is 0 Å². The van der Waals surface area contributed by atoms with Crippen LogP contribution >= 0.6 is 15.9 Å². The molecule has 0 saturated carbocycles. The lowest BCUT2D eigenvalue weighted by Gasteiger charge is -2.25. The first-order chi connectivity index (χ1) is 13.8. The summed E-state index contributed by atoms with van der Waals surface area (Å²) in [5.41, 5.74) is 5.86. The lowest BCUT2D eigenvalue weighted by atomic mass is 10.0. The van der Waals surface area contributed by atoms with E-state index < -0.39 is 0 Å². The van der Waals surface area contributed by atoms with Crippen molar-refractivity contribution in [2.75, 3.05) is 4.90 Å². The minimum Gasteiger partial charge on any atom is -0.311 e. The van der Waals surface area contributed by atoms with Gasteiger partial charge in [-0.2, -0.15) is 0 Å². The number of anilines is 3. The van der Waals surface area contributed by atoms with Gasteiger partial charge < -0.3 is 4.90 Å². The Kier molecular flexibility index (Phi) is 7.05. The van der Waals surface area contributed by atoms with Crippen LogP contribution in [-0.2, 0) is 0 Å². The minimum absolute atomic E-state index is 1.09.